The van der Waals surface area contributed by atoms with Crippen molar-refractivity contribution in [2.75, 3.05) is 19.0 Å². The highest BCUT2D eigenvalue weighted by atomic mass is 19.1. The molecule has 0 fully saturated rings. The van der Waals surface area contributed by atoms with Crippen LogP contribution in [0.2, 0.25) is 0 Å². The molecule has 0 saturated carbocycles. The number of hydrogen-bond donors (Lipinski definition) is 1. The lowest BCUT2D eigenvalue weighted by Crippen LogP contribution is -2.13. The summed E-state index contributed by atoms with van der Waals surface area (Å²) in [6.07, 6.45) is 4.16. The van der Waals surface area contributed by atoms with Gasteiger partial charge in [-0.25, -0.2) is 13.9 Å². The summed E-state index contributed by atoms with van der Waals surface area (Å²) in [6, 6.07) is 3.79. The molecule has 0 aliphatic rings. The average Bonchev–Trinajstić information content (AvgIpc) is 3.17. The van der Waals surface area contributed by atoms with Gasteiger partial charge in [0.2, 0.25) is 0 Å². The summed E-state index contributed by atoms with van der Waals surface area (Å²) in [4.78, 5) is 6.17. The summed E-state index contributed by atoms with van der Waals surface area (Å²) >= 11 is 0. The van der Waals surface area contributed by atoms with Gasteiger partial charge in [0.1, 0.15) is 0 Å². The summed E-state index contributed by atoms with van der Waals surface area (Å²) in [5, 5.41) is 12.6. The number of aryl methyl sites for hydroxylation is 1. The van der Waals surface area contributed by atoms with E-state index < -0.39 is 0 Å². The first-order valence-corrected chi connectivity index (χ1v) is 8.19. The van der Waals surface area contributed by atoms with Crippen LogP contribution in [0.1, 0.15) is 18.2 Å². The van der Waals surface area contributed by atoms with E-state index in [1.807, 2.05) is 46.3 Å². The van der Waals surface area contributed by atoms with E-state index in [9.17, 15) is 0 Å². The molecule has 3 heterocycles. The molecule has 1 aromatic carbocycles. The smallest absolute Gasteiger partial charge is 0.153 e. The van der Waals surface area contributed by atoms with E-state index in [1.54, 1.807) is 15.6 Å². The number of imidazole rings is 1. The Morgan fingerprint density at radius 2 is 2.08 bits per heavy atom. The van der Waals surface area contributed by atoms with E-state index in [1.165, 1.54) is 0 Å². The number of anilines is 1. The van der Waals surface area contributed by atoms with Gasteiger partial charge in [-0.3, -0.25) is 5.10 Å². The molecule has 0 unspecified atom stereocenters. The molecule has 0 aliphatic heterocycles. The molecule has 128 valence electrons. The van der Waals surface area contributed by atoms with Gasteiger partial charge in [0.15, 0.2) is 11.5 Å². The van der Waals surface area contributed by atoms with Crippen LogP contribution in [0.25, 0.3) is 27.8 Å². The topological polar surface area (TPSA) is 62.1 Å². The third-order valence-electron chi connectivity index (χ3n) is 4.42. The van der Waals surface area contributed by atoms with Crippen molar-refractivity contribution in [2.45, 2.75) is 20.3 Å². The Bertz CT molecular complexity index is 1090. The number of aromatic amines is 1. The number of hydrogen-bond acceptors (Lipinski definition) is 4. The Morgan fingerprint density at radius 3 is 2.80 bits per heavy atom. The van der Waals surface area contributed by atoms with E-state index in [0.717, 1.165) is 22.3 Å². The van der Waals surface area contributed by atoms with Crippen molar-refractivity contribution in [3.05, 3.63) is 41.6 Å². The lowest BCUT2D eigenvalue weighted by molar-refractivity contribution is 0.613. The predicted octanol–water partition coefficient (Wildman–Crippen LogP) is 3.35. The highest BCUT2D eigenvalue weighted by Crippen LogP contribution is 2.39. The van der Waals surface area contributed by atoms with Gasteiger partial charge in [0, 0.05) is 25.0 Å². The van der Waals surface area contributed by atoms with Gasteiger partial charge >= 0.3 is 0 Å². The highest BCUT2D eigenvalue weighted by Gasteiger charge is 2.23. The molecule has 6 nitrogen and oxygen atoms in total. The molecule has 7 heteroatoms. The zero-order valence-corrected chi connectivity index (χ0v) is 14.6. The maximum absolute atomic E-state index is 15.3. The van der Waals surface area contributed by atoms with Crippen LogP contribution in [0.15, 0.2) is 24.5 Å². The molecule has 3 aromatic heterocycles. The summed E-state index contributed by atoms with van der Waals surface area (Å²) in [7, 11) is 3.66. The minimum absolute atomic E-state index is 0.233. The maximum Gasteiger partial charge on any atom is 0.153 e. The van der Waals surface area contributed by atoms with Crippen LogP contribution >= 0.6 is 0 Å². The number of fused-ring (bicyclic) bond motifs is 2. The van der Waals surface area contributed by atoms with Crippen molar-refractivity contribution in [1.82, 2.24) is 24.8 Å². The van der Waals surface area contributed by atoms with Crippen LogP contribution in [0, 0.1) is 12.7 Å². The Kier molecular flexibility index (Phi) is 3.45. The highest BCUT2D eigenvalue weighted by molar-refractivity contribution is 6.02. The first-order valence-electron chi connectivity index (χ1n) is 8.19. The van der Waals surface area contributed by atoms with Crippen LogP contribution in [0.5, 0.6) is 0 Å². The predicted molar refractivity (Wildman–Crippen MR) is 96.5 cm³/mol. The van der Waals surface area contributed by atoms with Crippen molar-refractivity contribution in [3.8, 4) is 11.3 Å². The molecule has 0 amide bonds. The Labute approximate surface area is 144 Å². The molecular weight excluding hydrogens is 319 g/mol. The van der Waals surface area contributed by atoms with Crippen LogP contribution in [0.3, 0.4) is 0 Å². The summed E-state index contributed by atoms with van der Waals surface area (Å²) < 4.78 is 17.0. The fourth-order valence-corrected chi connectivity index (χ4v) is 3.36. The van der Waals surface area contributed by atoms with Crippen LogP contribution in [-0.2, 0) is 6.42 Å². The van der Waals surface area contributed by atoms with Crippen molar-refractivity contribution in [3.63, 3.8) is 0 Å². The van der Waals surface area contributed by atoms with E-state index in [-0.39, 0.29) is 5.82 Å². The van der Waals surface area contributed by atoms with Crippen molar-refractivity contribution < 1.29 is 4.39 Å². The molecule has 0 aliphatic carbocycles. The van der Waals surface area contributed by atoms with Crippen LogP contribution in [0.4, 0.5) is 10.1 Å². The third kappa shape index (κ3) is 2.26. The molecule has 4 rings (SSSR count). The second kappa shape index (κ2) is 5.54. The van der Waals surface area contributed by atoms with Gasteiger partial charge in [-0.05, 0) is 31.0 Å². The number of nitrogens with zero attached hydrogens (tertiary/aromatic N) is 5. The van der Waals surface area contributed by atoms with Gasteiger partial charge in [-0.1, -0.05) is 6.92 Å². The fourth-order valence-electron chi connectivity index (χ4n) is 3.36. The minimum Gasteiger partial charge on any atom is -0.374 e. The molecule has 25 heavy (non-hydrogen) atoms. The molecule has 0 saturated heterocycles. The number of aromatic nitrogens is 5. The van der Waals surface area contributed by atoms with Gasteiger partial charge < -0.3 is 4.90 Å². The van der Waals surface area contributed by atoms with Gasteiger partial charge in [0.25, 0.3) is 0 Å². The quantitative estimate of drug-likeness (QED) is 0.622. The maximum atomic E-state index is 15.3. The second-order valence-electron chi connectivity index (χ2n) is 6.33. The first-order chi connectivity index (χ1) is 12.0. The normalized spacial score (nSPS) is 11.6. The van der Waals surface area contributed by atoms with E-state index in [2.05, 4.69) is 20.3 Å². The van der Waals surface area contributed by atoms with Crippen LogP contribution in [-0.4, -0.2) is 38.9 Å². The van der Waals surface area contributed by atoms with E-state index >= 15 is 4.39 Å². The van der Waals surface area contributed by atoms with Crippen molar-refractivity contribution in [2.24, 2.45) is 0 Å². The molecule has 4 aromatic rings. The Morgan fingerprint density at radius 1 is 1.28 bits per heavy atom. The first kappa shape index (κ1) is 15.6. The van der Waals surface area contributed by atoms with E-state index in [0.29, 0.717) is 28.9 Å². The summed E-state index contributed by atoms with van der Waals surface area (Å²) in [6.45, 7) is 3.87. The zero-order chi connectivity index (χ0) is 17.7. The zero-order valence-electron chi connectivity index (χ0n) is 14.6. The molecule has 1 N–H and O–H groups in total. The lowest BCUT2D eigenvalue weighted by atomic mass is 9.96. The summed E-state index contributed by atoms with van der Waals surface area (Å²) in [5.74, 6) is -0.233. The second-order valence-corrected chi connectivity index (χ2v) is 6.33. The monoisotopic (exact) mass is 338 g/mol. The fraction of sp³-hybridized carbons (Fsp3) is 0.278. The lowest BCUT2D eigenvalue weighted by Gasteiger charge is -2.19. The average molecular weight is 338 g/mol. The third-order valence-corrected chi connectivity index (χ3v) is 4.42. The summed E-state index contributed by atoms with van der Waals surface area (Å²) in [5.41, 5.74) is 4.99. The van der Waals surface area contributed by atoms with Gasteiger partial charge in [0.05, 0.1) is 35.0 Å². The number of nitrogens with one attached hydrogen (secondary N) is 1. The number of benzene rings is 1. The van der Waals surface area contributed by atoms with E-state index in [4.69, 9.17) is 0 Å². The van der Waals surface area contributed by atoms with Crippen molar-refractivity contribution >= 4 is 22.2 Å². The molecular formula is C18H19FN6. The molecule has 0 spiro atoms. The van der Waals surface area contributed by atoms with Gasteiger partial charge in [-0.2, -0.15) is 10.2 Å². The number of H-pyrrole nitrogens is 1. The molecule has 0 atom stereocenters. The minimum atomic E-state index is -0.233. The van der Waals surface area contributed by atoms with Gasteiger partial charge in [-0.15, -0.1) is 0 Å². The Hall–Kier alpha value is -2.96. The molecule has 0 bridgehead atoms. The molecule has 0 radical (unpaired) electrons. The van der Waals surface area contributed by atoms with Crippen LogP contribution < -0.4 is 4.90 Å². The number of rotatable bonds is 3. The largest absolute Gasteiger partial charge is 0.374 e. The Balaban J connectivity index is 2.09. The number of halogens is 1. The van der Waals surface area contributed by atoms with Crippen molar-refractivity contribution in [1.29, 1.82) is 0 Å². The standard InChI is InChI=1S/C18H19FN6/c1-5-11-15(13-6-7-14-21-10(2)9-25(14)23-13)12-8-20-22-17(12)18(16(11)19)24(3)4/h6-9H,5H2,1-4H3,(H,20,22). The SMILES string of the molecule is CCc1c(F)c(N(C)C)c2[nH]ncc2c1-c1ccc2nc(C)cn2n1.